The summed E-state index contributed by atoms with van der Waals surface area (Å²) < 4.78 is 18.3. The predicted molar refractivity (Wildman–Crippen MR) is 185 cm³/mol. The van der Waals surface area contributed by atoms with E-state index in [1.165, 1.54) is 0 Å². The lowest BCUT2D eigenvalue weighted by atomic mass is 9.92. The van der Waals surface area contributed by atoms with E-state index in [1.807, 2.05) is 93.6 Å². The normalized spacial score (nSPS) is 12.0. The van der Waals surface area contributed by atoms with Crippen LogP contribution in [0.15, 0.2) is 85.4 Å². The molecule has 0 aliphatic heterocycles. The first-order valence-corrected chi connectivity index (χ1v) is 21.6. The zero-order valence-corrected chi connectivity index (χ0v) is 29.5. The maximum atomic E-state index is 12.6. The second kappa shape index (κ2) is 15.5. The molecule has 0 saturated heterocycles. The molecule has 0 aliphatic rings. The fourth-order valence-corrected chi connectivity index (χ4v) is 14.0. The Morgan fingerprint density at radius 2 is 1.50 bits per heavy atom. The van der Waals surface area contributed by atoms with Gasteiger partial charge in [-0.3, -0.25) is 4.79 Å². The van der Waals surface area contributed by atoms with E-state index in [4.69, 9.17) is 13.6 Å². The number of hydrogen-bond acceptors (Lipinski definition) is 5. The van der Waals surface area contributed by atoms with Gasteiger partial charge in [0.1, 0.15) is 14.1 Å². The number of ether oxygens (including phenoxy) is 2. The first-order valence-electron chi connectivity index (χ1n) is 15.4. The Kier molecular flexibility index (Phi) is 12.3. The number of benzene rings is 3. The van der Waals surface area contributed by atoms with Crippen LogP contribution in [0.4, 0.5) is 4.79 Å². The lowest BCUT2D eigenvalue weighted by Gasteiger charge is -2.44. The number of alkyl carbamates (subject to hydrolysis) is 1. The highest BCUT2D eigenvalue weighted by Gasteiger charge is 2.26. The van der Waals surface area contributed by atoms with Gasteiger partial charge < -0.3 is 18.9 Å². The molecular weight excluding hydrogens is 583 g/mol. The maximum absolute atomic E-state index is 12.6. The van der Waals surface area contributed by atoms with Crippen LogP contribution in [-0.2, 0) is 14.4 Å². The first-order chi connectivity index (χ1) is 20.7. The summed E-state index contributed by atoms with van der Waals surface area (Å²) in [5.41, 5.74) is 3.81. The van der Waals surface area contributed by atoms with Gasteiger partial charge in [0.15, 0.2) is 5.78 Å². The quantitative estimate of drug-likeness (QED) is 0.0969. The molecule has 0 aliphatic carbocycles. The van der Waals surface area contributed by atoms with Crippen molar-refractivity contribution in [1.29, 1.82) is 0 Å². The zero-order chi connectivity index (χ0) is 32.4. The van der Waals surface area contributed by atoms with Crippen molar-refractivity contribution in [3.8, 4) is 5.75 Å². The van der Waals surface area contributed by atoms with E-state index in [-0.39, 0.29) is 5.78 Å². The number of hydrogen-bond donors (Lipinski definition) is 1. The van der Waals surface area contributed by atoms with E-state index < -0.39 is 28.3 Å². The largest absolute Gasteiger partial charge is 0.609 e. The Balaban J connectivity index is 1.35. The van der Waals surface area contributed by atoms with Crippen LogP contribution in [0, 0.1) is 0 Å². The average Bonchev–Trinajstić information content (AvgIpc) is 2.97. The second-order valence-electron chi connectivity index (χ2n) is 13.1. The van der Waals surface area contributed by atoms with E-state index in [0.29, 0.717) is 24.3 Å². The molecule has 0 spiro atoms. The molecule has 1 amide bonds. The van der Waals surface area contributed by atoms with Gasteiger partial charge in [0, 0.05) is 11.1 Å². The Hall–Kier alpha value is -3.47. The van der Waals surface area contributed by atoms with Gasteiger partial charge in [-0.05, 0) is 103 Å². The zero-order valence-electron chi connectivity index (χ0n) is 27.5. The molecule has 1 N–H and O–H groups in total. The molecule has 0 fully saturated rings. The molecule has 0 heterocycles. The molecule has 237 valence electrons. The summed E-state index contributed by atoms with van der Waals surface area (Å²) >= 11 is 0. The standard InChI is InChI=1S/C36H49NO5Si2/c1-28(2)31-17-12-18-32(27-31)36(3,4)37-35(39)41-24-14-26-44(7,8)42-43(5,6)25-13-23-40-33-21-19-30(20-22-33)34(38)29-15-10-9-11-16-29/h9-12,15-22,27H,1,13-14,23-26H2,2-8H3,(H,37,39)/q-1. The molecular formula is C36H49NO5Si2-. The molecule has 0 saturated carbocycles. The molecule has 6 nitrogen and oxygen atoms in total. The van der Waals surface area contributed by atoms with Gasteiger partial charge in [-0.2, -0.15) is 0 Å². The maximum Gasteiger partial charge on any atom is 0.407 e. The van der Waals surface area contributed by atoms with Crippen LogP contribution >= 0.6 is 0 Å². The number of rotatable bonds is 16. The third-order valence-corrected chi connectivity index (χ3v) is 15.1. The molecule has 8 heteroatoms. The summed E-state index contributed by atoms with van der Waals surface area (Å²) in [4.78, 5) is 25.2. The molecule has 0 bridgehead atoms. The fourth-order valence-electron chi connectivity index (χ4n) is 5.20. The highest BCUT2D eigenvalue weighted by molar-refractivity contribution is 6.84. The summed E-state index contributed by atoms with van der Waals surface area (Å²) in [5, 5.41) is 3.00. The van der Waals surface area contributed by atoms with E-state index in [9.17, 15) is 9.59 Å². The van der Waals surface area contributed by atoms with Crippen molar-refractivity contribution in [2.24, 2.45) is 0 Å². The summed E-state index contributed by atoms with van der Waals surface area (Å²) in [6.45, 7) is 19.9. The Morgan fingerprint density at radius 1 is 0.864 bits per heavy atom. The molecule has 44 heavy (non-hydrogen) atoms. The number of ketones is 1. The van der Waals surface area contributed by atoms with Crippen LogP contribution in [-0.4, -0.2) is 41.7 Å². The van der Waals surface area contributed by atoms with Crippen LogP contribution < -0.4 is 10.1 Å². The summed E-state index contributed by atoms with van der Waals surface area (Å²) in [5.74, 6) is 0.769. The molecule has 0 aromatic heterocycles. The number of carbonyl (C=O) groups is 2. The summed E-state index contributed by atoms with van der Waals surface area (Å²) in [7, 11) is -3.82. The topological polar surface area (TPSA) is 73.9 Å². The molecule has 0 unspecified atom stereocenters. The van der Waals surface area contributed by atoms with Crippen LogP contribution in [0.1, 0.15) is 60.7 Å². The van der Waals surface area contributed by atoms with Crippen molar-refractivity contribution < 1.29 is 23.2 Å². The predicted octanol–water partition coefficient (Wildman–Crippen LogP) is 9.20. The summed E-state index contributed by atoms with van der Waals surface area (Å²) in [6.07, 6.45) is 1.26. The third kappa shape index (κ3) is 11.2. The van der Waals surface area contributed by atoms with Gasteiger partial charge >= 0.3 is 6.09 Å². The van der Waals surface area contributed by atoms with Gasteiger partial charge in [0.25, 0.3) is 0 Å². The van der Waals surface area contributed by atoms with Crippen LogP contribution in [0.5, 0.6) is 5.75 Å². The van der Waals surface area contributed by atoms with Crippen molar-refractivity contribution in [3.05, 3.63) is 108 Å². The van der Waals surface area contributed by atoms with Crippen LogP contribution in [0.25, 0.3) is 5.57 Å². The highest BCUT2D eigenvalue weighted by atomic mass is 28.4. The first kappa shape index (κ1) is 35.0. The van der Waals surface area contributed by atoms with Gasteiger partial charge in [-0.1, -0.05) is 60.7 Å². The molecule has 0 radical (unpaired) electrons. The van der Waals surface area contributed by atoms with E-state index >= 15 is 0 Å². The Bertz CT molecular complexity index is 1400. The van der Waals surface area contributed by atoms with Gasteiger partial charge in [-0.25, -0.2) is 4.79 Å². The van der Waals surface area contributed by atoms with Crippen molar-refractivity contribution >= 4 is 34.1 Å². The Labute approximate surface area is 266 Å². The van der Waals surface area contributed by atoms with Gasteiger partial charge in [-0.15, -0.1) is 19.1 Å². The van der Waals surface area contributed by atoms with Crippen molar-refractivity contribution in [2.45, 2.75) is 77.4 Å². The van der Waals surface area contributed by atoms with Crippen molar-refractivity contribution in [1.82, 2.24) is 5.32 Å². The minimum atomic E-state index is -1.93. The number of nitrogens with one attached hydrogen (secondary N) is 1. The number of amides is 1. The van der Waals surface area contributed by atoms with Crippen LogP contribution in [0.3, 0.4) is 0 Å². The third-order valence-electron chi connectivity index (χ3n) is 7.54. The molecule has 0 atom stereocenters. The summed E-state index contributed by atoms with van der Waals surface area (Å²) in [6, 6.07) is 26.6. The molecule has 3 aromatic carbocycles. The highest BCUT2D eigenvalue weighted by Crippen LogP contribution is 2.26. The second-order valence-corrected chi connectivity index (χ2v) is 22.0. The SMILES string of the molecule is C=C(C)c1cccc(C(C)(C)NC(=O)OCCC[Si](C)(C)O[Si-](C)(C)CCCOc2ccc(C(=O)c3ccccc3)cc2)c1. The molecule has 3 rings (SSSR count). The van der Waals surface area contributed by atoms with Crippen molar-refractivity contribution in [3.63, 3.8) is 0 Å². The lowest BCUT2D eigenvalue weighted by molar-refractivity contribution is 0.103. The van der Waals surface area contributed by atoms with E-state index in [1.54, 1.807) is 0 Å². The van der Waals surface area contributed by atoms with E-state index in [2.05, 4.69) is 44.2 Å². The van der Waals surface area contributed by atoms with Gasteiger partial charge in [0.2, 0.25) is 0 Å². The smallest absolute Gasteiger partial charge is 0.407 e. The lowest BCUT2D eigenvalue weighted by Crippen LogP contribution is -2.44. The number of carbonyl (C=O) groups excluding carboxylic acids is 2. The minimum Gasteiger partial charge on any atom is -0.609 e. The van der Waals surface area contributed by atoms with E-state index in [0.717, 1.165) is 47.4 Å². The Morgan fingerprint density at radius 3 is 2.16 bits per heavy atom. The van der Waals surface area contributed by atoms with Crippen LogP contribution in [0.2, 0.25) is 38.3 Å². The molecule has 3 aromatic rings. The fraction of sp³-hybridized carbons (Fsp3) is 0.389. The average molecular weight is 632 g/mol. The van der Waals surface area contributed by atoms with Crippen molar-refractivity contribution in [2.75, 3.05) is 13.2 Å². The monoisotopic (exact) mass is 631 g/mol. The number of allylic oxidation sites excluding steroid dienone is 1. The van der Waals surface area contributed by atoms with Gasteiger partial charge in [0.05, 0.1) is 18.8 Å². The minimum absolute atomic E-state index is 0.00767.